The third-order valence-electron chi connectivity index (χ3n) is 4.70. The summed E-state index contributed by atoms with van der Waals surface area (Å²) in [5.74, 6) is 0.438. The first kappa shape index (κ1) is 18.4. The van der Waals surface area contributed by atoms with Crippen molar-refractivity contribution in [2.45, 2.75) is 20.0 Å². The highest BCUT2D eigenvalue weighted by atomic mass is 35.5. The fraction of sp³-hybridized carbons (Fsp3) is 0.238. The Bertz CT molecular complexity index is 1030. The minimum atomic E-state index is -0.0489. The number of carbonyl (C=O) groups excluding carboxylic acids is 1. The van der Waals surface area contributed by atoms with Crippen LogP contribution in [0.15, 0.2) is 48.7 Å². The zero-order chi connectivity index (χ0) is 19.7. The second-order valence-corrected chi connectivity index (χ2v) is 7.25. The summed E-state index contributed by atoms with van der Waals surface area (Å²) >= 11 is 6.10. The third-order valence-corrected chi connectivity index (χ3v) is 4.93. The molecule has 2 aromatic carbocycles. The maximum Gasteiger partial charge on any atom is 0.244 e. The third kappa shape index (κ3) is 3.82. The number of hydrogen-bond donors (Lipinski definition) is 1. The molecule has 0 saturated heterocycles. The van der Waals surface area contributed by atoms with E-state index in [0.717, 1.165) is 22.4 Å². The molecule has 7 heteroatoms. The lowest BCUT2D eigenvalue weighted by Crippen LogP contribution is -2.35. The van der Waals surface area contributed by atoms with Crippen LogP contribution in [-0.2, 0) is 17.9 Å². The van der Waals surface area contributed by atoms with Gasteiger partial charge >= 0.3 is 0 Å². The van der Waals surface area contributed by atoms with E-state index in [1.807, 2.05) is 37.3 Å². The number of hydrogen-bond acceptors (Lipinski definition) is 4. The Kier molecular flexibility index (Phi) is 4.96. The average Bonchev–Trinajstić information content (AvgIpc) is 2.94. The first-order chi connectivity index (χ1) is 13.5. The molecule has 0 radical (unpaired) electrons. The summed E-state index contributed by atoms with van der Waals surface area (Å²) in [6.45, 7) is 3.18. The maximum absolute atomic E-state index is 12.8. The van der Waals surface area contributed by atoms with Crippen molar-refractivity contribution in [1.29, 1.82) is 0 Å². The topological polar surface area (TPSA) is 67.6 Å². The first-order valence-electron chi connectivity index (χ1n) is 9.02. The predicted octanol–water partition coefficient (Wildman–Crippen LogP) is 3.64. The van der Waals surface area contributed by atoms with E-state index < -0.39 is 0 Å². The molecule has 6 nitrogen and oxygen atoms in total. The van der Waals surface area contributed by atoms with Crippen LogP contribution in [0.4, 0.5) is 0 Å². The molecular weight excluding hydrogens is 378 g/mol. The van der Waals surface area contributed by atoms with Gasteiger partial charge in [-0.1, -0.05) is 23.7 Å². The molecule has 0 unspecified atom stereocenters. The predicted molar refractivity (Wildman–Crippen MR) is 106 cm³/mol. The zero-order valence-electron chi connectivity index (χ0n) is 15.4. The van der Waals surface area contributed by atoms with Gasteiger partial charge in [-0.3, -0.25) is 9.48 Å². The summed E-state index contributed by atoms with van der Waals surface area (Å²) in [5.41, 5.74) is 3.34. The number of aryl methyl sites for hydroxylation is 1. The Labute approximate surface area is 167 Å². The molecule has 0 fully saturated rings. The Balaban J connectivity index is 1.62. The molecule has 28 heavy (non-hydrogen) atoms. The monoisotopic (exact) mass is 397 g/mol. The van der Waals surface area contributed by atoms with Gasteiger partial charge in [-0.2, -0.15) is 5.10 Å². The number of fused-ring (bicyclic) bond motifs is 1. The van der Waals surface area contributed by atoms with Crippen LogP contribution in [0.3, 0.4) is 0 Å². The van der Waals surface area contributed by atoms with Crippen LogP contribution in [0, 0.1) is 6.92 Å². The number of ether oxygens (including phenoxy) is 1. The van der Waals surface area contributed by atoms with Gasteiger partial charge in [-0.15, -0.1) is 0 Å². The molecule has 1 N–H and O–H groups in total. The van der Waals surface area contributed by atoms with Gasteiger partial charge in [0, 0.05) is 23.3 Å². The van der Waals surface area contributed by atoms with Crippen LogP contribution < -0.4 is 4.74 Å². The summed E-state index contributed by atoms with van der Waals surface area (Å²) in [7, 11) is 0. The molecule has 144 valence electrons. The highest BCUT2D eigenvalue weighted by molar-refractivity contribution is 6.30. The van der Waals surface area contributed by atoms with E-state index in [2.05, 4.69) is 5.10 Å². The fourth-order valence-electron chi connectivity index (χ4n) is 3.34. The smallest absolute Gasteiger partial charge is 0.244 e. The van der Waals surface area contributed by atoms with Crippen molar-refractivity contribution in [2.75, 3.05) is 13.2 Å². The normalized spacial score (nSPS) is 13.6. The highest BCUT2D eigenvalue weighted by Crippen LogP contribution is 2.38. The van der Waals surface area contributed by atoms with Crippen LogP contribution in [0.5, 0.6) is 11.5 Å². The molecule has 1 aliphatic heterocycles. The summed E-state index contributed by atoms with van der Waals surface area (Å²) in [6, 6.07) is 12.9. The quantitative estimate of drug-likeness (QED) is 0.732. The molecule has 2 heterocycles. The number of nitrogens with zero attached hydrogens (tertiary/aromatic N) is 3. The maximum atomic E-state index is 12.8. The van der Waals surface area contributed by atoms with E-state index in [1.54, 1.807) is 27.9 Å². The van der Waals surface area contributed by atoms with E-state index >= 15 is 0 Å². The fourth-order valence-corrected chi connectivity index (χ4v) is 3.53. The van der Waals surface area contributed by atoms with Crippen molar-refractivity contribution in [3.05, 3.63) is 64.9 Å². The van der Waals surface area contributed by atoms with Gasteiger partial charge in [0.25, 0.3) is 0 Å². The van der Waals surface area contributed by atoms with Crippen molar-refractivity contribution < 1.29 is 14.6 Å². The summed E-state index contributed by atoms with van der Waals surface area (Å²) in [4.78, 5) is 14.5. The van der Waals surface area contributed by atoms with Crippen molar-refractivity contribution in [3.63, 3.8) is 0 Å². The lowest BCUT2D eigenvalue weighted by atomic mass is 10.0. The van der Waals surface area contributed by atoms with E-state index in [0.29, 0.717) is 30.5 Å². The van der Waals surface area contributed by atoms with Gasteiger partial charge < -0.3 is 14.7 Å². The molecule has 1 aliphatic rings. The Morgan fingerprint density at radius 3 is 2.86 bits per heavy atom. The van der Waals surface area contributed by atoms with Gasteiger partial charge in [-0.05, 0) is 48.4 Å². The molecule has 4 rings (SSSR count). The Morgan fingerprint density at radius 1 is 1.25 bits per heavy atom. The van der Waals surface area contributed by atoms with Gasteiger partial charge in [-0.25, -0.2) is 0 Å². The van der Waals surface area contributed by atoms with E-state index in [9.17, 15) is 9.90 Å². The second kappa shape index (κ2) is 7.56. The Hall–Kier alpha value is -2.99. The number of rotatable bonds is 3. The summed E-state index contributed by atoms with van der Waals surface area (Å²) in [5, 5.41) is 15.4. The number of phenolic OH excluding ortho intramolecular Hbond substituents is 1. The molecule has 0 aliphatic carbocycles. The largest absolute Gasteiger partial charge is 0.504 e. The number of phenols is 1. The van der Waals surface area contributed by atoms with Crippen LogP contribution in [0.25, 0.3) is 11.1 Å². The lowest BCUT2D eigenvalue weighted by Gasteiger charge is -2.20. The average molecular weight is 398 g/mol. The molecule has 3 aromatic rings. The molecule has 0 saturated carbocycles. The van der Waals surface area contributed by atoms with E-state index in [1.165, 1.54) is 0 Å². The van der Waals surface area contributed by atoms with Crippen LogP contribution in [-0.4, -0.2) is 38.8 Å². The van der Waals surface area contributed by atoms with Crippen LogP contribution >= 0.6 is 11.6 Å². The number of carbonyl (C=O) groups is 1. The van der Waals surface area contributed by atoms with E-state index in [-0.39, 0.29) is 18.2 Å². The number of aromatic nitrogens is 2. The number of amides is 1. The minimum Gasteiger partial charge on any atom is -0.504 e. The van der Waals surface area contributed by atoms with Gasteiger partial charge in [0.1, 0.15) is 13.2 Å². The van der Waals surface area contributed by atoms with Crippen molar-refractivity contribution in [2.24, 2.45) is 0 Å². The van der Waals surface area contributed by atoms with Crippen molar-refractivity contribution >= 4 is 17.5 Å². The molecule has 0 atom stereocenters. The molecule has 1 amide bonds. The lowest BCUT2D eigenvalue weighted by molar-refractivity contribution is -0.132. The summed E-state index contributed by atoms with van der Waals surface area (Å²) < 4.78 is 7.37. The SMILES string of the molecule is Cc1ccn(CC(=O)N2CCOc3c(O)cc(-c4cccc(Cl)c4)cc3C2)n1. The van der Waals surface area contributed by atoms with E-state index in [4.69, 9.17) is 16.3 Å². The van der Waals surface area contributed by atoms with Gasteiger partial charge in [0.15, 0.2) is 11.5 Å². The number of benzene rings is 2. The van der Waals surface area contributed by atoms with Crippen molar-refractivity contribution in [3.8, 4) is 22.6 Å². The highest BCUT2D eigenvalue weighted by Gasteiger charge is 2.23. The molecule has 1 aromatic heterocycles. The second-order valence-electron chi connectivity index (χ2n) is 6.81. The van der Waals surface area contributed by atoms with Gasteiger partial charge in [0.2, 0.25) is 5.91 Å². The van der Waals surface area contributed by atoms with Crippen LogP contribution in [0.1, 0.15) is 11.3 Å². The first-order valence-corrected chi connectivity index (χ1v) is 9.40. The van der Waals surface area contributed by atoms with Crippen LogP contribution in [0.2, 0.25) is 5.02 Å². The van der Waals surface area contributed by atoms with Crippen molar-refractivity contribution in [1.82, 2.24) is 14.7 Å². The Morgan fingerprint density at radius 2 is 2.11 bits per heavy atom. The number of aromatic hydroxyl groups is 1. The van der Waals surface area contributed by atoms with Gasteiger partial charge in [0.05, 0.1) is 12.2 Å². The minimum absolute atomic E-state index is 0.0489. The zero-order valence-corrected chi connectivity index (χ0v) is 16.2. The molecule has 0 spiro atoms. The molecular formula is C21H20ClN3O3. The molecule has 0 bridgehead atoms. The summed E-state index contributed by atoms with van der Waals surface area (Å²) in [6.07, 6.45) is 1.79. The standard InChI is InChI=1S/C21H20ClN3O3/c1-14-5-6-25(23-14)13-20(27)24-7-8-28-21-17(12-24)9-16(11-19(21)26)15-3-2-4-18(22)10-15/h2-6,9-11,26H,7-8,12-13H2,1H3. The number of halogens is 1.